The maximum Gasteiger partial charge on any atom is 0.330 e. The number of rotatable bonds is 20. The van der Waals surface area contributed by atoms with Crippen LogP contribution in [0.1, 0.15) is 85.0 Å². The second-order valence-electron chi connectivity index (χ2n) is 9.70. The second kappa shape index (κ2) is 18.1. The van der Waals surface area contributed by atoms with Crippen molar-refractivity contribution in [1.82, 2.24) is 0 Å². The normalized spacial score (nSPS) is 14.2. The fraction of sp³-hybridized carbons (Fsp3) is 0.955. The van der Waals surface area contributed by atoms with Crippen LogP contribution in [0.4, 0.5) is 0 Å². The largest absolute Gasteiger partial charge is 0.870 e. The first-order valence-electron chi connectivity index (χ1n) is 11.4. The maximum atomic E-state index is 11.0. The van der Waals surface area contributed by atoms with E-state index >= 15 is 0 Å². The third-order valence-electron chi connectivity index (χ3n) is 4.76. The molecule has 0 spiro atoms. The third kappa shape index (κ3) is 22.6. The number of hydrogen-bond acceptors (Lipinski definition) is 6. The highest BCUT2D eigenvalue weighted by molar-refractivity contribution is 7.40. The molecule has 0 bridgehead atoms. The summed E-state index contributed by atoms with van der Waals surface area (Å²) >= 11 is 0. The van der Waals surface area contributed by atoms with Gasteiger partial charge in [-0.05, 0) is 33.1 Å². The van der Waals surface area contributed by atoms with E-state index in [0.717, 1.165) is 45.1 Å². The van der Waals surface area contributed by atoms with Crippen molar-refractivity contribution in [3.63, 3.8) is 0 Å². The molecule has 1 unspecified atom stereocenters. The molecule has 0 aliphatic rings. The van der Waals surface area contributed by atoms with E-state index < -0.39 is 20.7 Å². The quantitative estimate of drug-likeness (QED) is 0.147. The molecule has 3 N–H and O–H groups in total. The molecular formula is C22H48NO7P. The van der Waals surface area contributed by atoms with Crippen molar-refractivity contribution in [1.29, 1.82) is 0 Å². The predicted molar refractivity (Wildman–Crippen MR) is 124 cm³/mol. The molecule has 0 radical (unpaired) electrons. The van der Waals surface area contributed by atoms with Crippen molar-refractivity contribution >= 4 is 14.6 Å². The van der Waals surface area contributed by atoms with Crippen LogP contribution in [0, 0.1) is 0 Å². The summed E-state index contributed by atoms with van der Waals surface area (Å²) in [6.45, 7) is 8.30. The lowest BCUT2D eigenvalue weighted by Gasteiger charge is -2.29. The Hall–Kier alpha value is -0.340. The lowest BCUT2D eigenvalue weighted by atomic mass is 10.0. The average Bonchev–Trinajstić information content (AvgIpc) is 2.58. The van der Waals surface area contributed by atoms with Gasteiger partial charge in [0.05, 0.1) is 39.8 Å². The van der Waals surface area contributed by atoms with Crippen LogP contribution in [-0.2, 0) is 18.6 Å². The van der Waals surface area contributed by atoms with Crippen molar-refractivity contribution in [2.24, 2.45) is 0 Å². The second-order valence-corrected chi connectivity index (χ2v) is 10.6. The number of likely N-dealkylation sites (N-methyl/N-ethyl adjacent to an activating group) is 1. The Kier molecular flexibility index (Phi) is 19.2. The number of hydrogen-bond donors (Lipinski definition) is 2. The Morgan fingerprint density at radius 1 is 1.00 bits per heavy atom. The van der Waals surface area contributed by atoms with Crippen LogP contribution in [0.15, 0.2) is 0 Å². The van der Waals surface area contributed by atoms with Gasteiger partial charge in [0, 0.05) is 6.61 Å². The van der Waals surface area contributed by atoms with Crippen LogP contribution in [0.5, 0.6) is 0 Å². The average molecular weight is 470 g/mol. The van der Waals surface area contributed by atoms with E-state index in [2.05, 4.69) is 20.8 Å². The molecule has 0 aliphatic carbocycles. The summed E-state index contributed by atoms with van der Waals surface area (Å²) in [4.78, 5) is 20.9. The molecule has 9 heteroatoms. The van der Waals surface area contributed by atoms with Crippen molar-refractivity contribution in [2.45, 2.75) is 96.7 Å². The zero-order chi connectivity index (χ0) is 23.0. The number of ether oxygens (including phenoxy) is 1. The van der Waals surface area contributed by atoms with Crippen LogP contribution in [0.2, 0.25) is 0 Å². The van der Waals surface area contributed by atoms with Gasteiger partial charge in [-0.3, -0.25) is 4.79 Å². The fourth-order valence-corrected chi connectivity index (χ4v) is 3.94. The van der Waals surface area contributed by atoms with Gasteiger partial charge in [0.1, 0.15) is 12.6 Å². The van der Waals surface area contributed by atoms with E-state index in [1.165, 1.54) is 19.3 Å². The summed E-state index contributed by atoms with van der Waals surface area (Å²) < 4.78 is 17.4. The molecule has 0 saturated heterocycles. The Bertz CT molecular complexity index is 444. The van der Waals surface area contributed by atoms with Crippen LogP contribution in [0.3, 0.4) is 0 Å². The standard InChI is InChI=1S/C22H46NO6P.H2O/c1-7-8-12-15-22(2,3)27-16-13-10-9-11-14-17-28-30(26)29-20(18-21(24)25)19-23(4,5)6;/h20,26H,7-19H2,1-6H3;1H2/t20-,30?;/m1./s1. The number of carboxylic acid groups (broad SMARTS) is 1. The lowest BCUT2D eigenvalue weighted by molar-refractivity contribution is -0.873. The van der Waals surface area contributed by atoms with Crippen LogP contribution in [0.25, 0.3) is 0 Å². The Balaban J connectivity index is 0. The molecule has 0 fully saturated rings. The zero-order valence-corrected chi connectivity index (χ0v) is 21.5. The molecule has 0 rings (SSSR count). The molecule has 8 nitrogen and oxygen atoms in total. The van der Waals surface area contributed by atoms with Crippen molar-refractivity contribution in [3.8, 4) is 0 Å². The van der Waals surface area contributed by atoms with E-state index in [4.69, 9.17) is 18.9 Å². The molecule has 0 aromatic rings. The first kappa shape index (κ1) is 32.8. The Labute approximate surface area is 191 Å². The van der Waals surface area contributed by atoms with Gasteiger partial charge in [-0.25, -0.2) is 0 Å². The summed E-state index contributed by atoms with van der Waals surface area (Å²) in [5.41, 5.74) is -0.0221. The van der Waals surface area contributed by atoms with Crippen molar-refractivity contribution < 1.29 is 38.5 Å². The topological polar surface area (TPSA) is 115 Å². The third-order valence-corrected chi connectivity index (χ3v) is 5.64. The minimum absolute atomic E-state index is 0. The smallest absolute Gasteiger partial charge is 0.330 e. The number of quaternary nitrogens is 1. The molecular weight excluding hydrogens is 421 g/mol. The van der Waals surface area contributed by atoms with E-state index in [9.17, 15) is 9.69 Å². The first-order chi connectivity index (χ1) is 13.9. The monoisotopic (exact) mass is 469 g/mol. The molecule has 31 heavy (non-hydrogen) atoms. The molecule has 0 aliphatic heterocycles. The summed E-state index contributed by atoms with van der Waals surface area (Å²) in [6.07, 6.45) is 9.33. The highest BCUT2D eigenvalue weighted by atomic mass is 31.2. The van der Waals surface area contributed by atoms with Crippen molar-refractivity contribution in [3.05, 3.63) is 0 Å². The van der Waals surface area contributed by atoms with Gasteiger partial charge in [-0.1, -0.05) is 45.4 Å². The predicted octanol–water partition coefficient (Wildman–Crippen LogP) is 4.94. The zero-order valence-electron chi connectivity index (χ0n) is 20.6. The summed E-state index contributed by atoms with van der Waals surface area (Å²) in [6, 6.07) is 0. The van der Waals surface area contributed by atoms with E-state index in [1.807, 2.05) is 21.1 Å². The minimum atomic E-state index is -2.05. The van der Waals surface area contributed by atoms with E-state index in [0.29, 0.717) is 17.6 Å². The number of nitrogens with zero attached hydrogens (tertiary/aromatic N) is 1. The van der Waals surface area contributed by atoms with Crippen LogP contribution in [-0.4, -0.2) is 78.5 Å². The Morgan fingerprint density at radius 3 is 2.13 bits per heavy atom. The summed E-state index contributed by atoms with van der Waals surface area (Å²) in [5, 5.41) is 9.01. The van der Waals surface area contributed by atoms with Gasteiger partial charge in [0.2, 0.25) is 0 Å². The number of carbonyl (C=O) groups is 1. The molecule has 0 saturated carbocycles. The first-order valence-corrected chi connectivity index (χ1v) is 12.5. The van der Waals surface area contributed by atoms with Gasteiger partial charge in [-0.2, -0.15) is 0 Å². The minimum Gasteiger partial charge on any atom is -0.870 e. The van der Waals surface area contributed by atoms with Gasteiger partial charge in [0.25, 0.3) is 0 Å². The van der Waals surface area contributed by atoms with E-state index in [-0.39, 0.29) is 17.5 Å². The highest BCUT2D eigenvalue weighted by Crippen LogP contribution is 2.36. The van der Waals surface area contributed by atoms with Crippen LogP contribution < -0.4 is 0 Å². The highest BCUT2D eigenvalue weighted by Gasteiger charge is 2.25. The van der Waals surface area contributed by atoms with Crippen molar-refractivity contribution in [2.75, 3.05) is 40.9 Å². The lowest BCUT2D eigenvalue weighted by Crippen LogP contribution is -2.42. The molecule has 0 amide bonds. The molecule has 0 heterocycles. The number of aliphatic carboxylic acids is 1. The van der Waals surface area contributed by atoms with Crippen LogP contribution >= 0.6 is 8.60 Å². The van der Waals surface area contributed by atoms with Gasteiger partial charge in [-0.15, -0.1) is 0 Å². The SMILES string of the molecule is CCCCCC(C)(C)OCCCCCCCOP(O)O[C@H](CC(=O)O)C[N+](C)(C)C.[OH-]. The molecule has 2 atom stereocenters. The molecule has 188 valence electrons. The number of carboxylic acids is 1. The van der Waals surface area contributed by atoms with E-state index in [1.54, 1.807) is 0 Å². The van der Waals surface area contributed by atoms with Gasteiger partial charge >= 0.3 is 14.6 Å². The number of unbranched alkanes of at least 4 members (excludes halogenated alkanes) is 6. The summed E-state index contributed by atoms with van der Waals surface area (Å²) in [7, 11) is 3.82. The maximum absolute atomic E-state index is 11.0. The Morgan fingerprint density at radius 2 is 1.58 bits per heavy atom. The van der Waals surface area contributed by atoms with Gasteiger partial charge in [0.15, 0.2) is 0 Å². The molecule has 0 aromatic carbocycles. The fourth-order valence-electron chi connectivity index (χ4n) is 3.20. The summed E-state index contributed by atoms with van der Waals surface area (Å²) in [5.74, 6) is -0.940. The molecule has 0 aromatic heterocycles. The van der Waals surface area contributed by atoms with Gasteiger partial charge < -0.3 is 33.7 Å².